The number of hydrogen-bond donors (Lipinski definition) is 0. The van der Waals surface area contributed by atoms with Crippen molar-refractivity contribution in [2.24, 2.45) is 0 Å². The molecule has 260 valence electrons. The molecule has 2 nitrogen and oxygen atoms in total. The smallest absolute Gasteiger partial charge is 0.138 e. The van der Waals surface area contributed by atoms with Crippen LogP contribution in [-0.4, -0.2) is 0 Å². The second-order valence-electron chi connectivity index (χ2n) is 15.1. The number of anilines is 3. The largest absolute Gasteiger partial charge is 0.456 e. The molecular formula is C53H31NOS. The van der Waals surface area contributed by atoms with E-state index in [0.29, 0.717) is 0 Å². The molecule has 0 radical (unpaired) electrons. The lowest BCUT2D eigenvalue weighted by atomic mass is 9.70. The number of hydrogen-bond acceptors (Lipinski definition) is 3. The van der Waals surface area contributed by atoms with Crippen LogP contribution in [0.25, 0.3) is 75.1 Å². The highest BCUT2D eigenvalue weighted by molar-refractivity contribution is 7.27. The molecule has 1 spiro atoms. The number of thiophene rings is 1. The highest BCUT2D eigenvalue weighted by Gasteiger charge is 2.52. The Hall–Kier alpha value is -6.94. The summed E-state index contributed by atoms with van der Waals surface area (Å²) >= 11 is 1.86. The Kier molecular flexibility index (Phi) is 6.01. The van der Waals surface area contributed by atoms with Gasteiger partial charge < -0.3 is 9.32 Å². The first-order chi connectivity index (χ1) is 27.8. The van der Waals surface area contributed by atoms with Gasteiger partial charge in [0.05, 0.1) is 22.5 Å². The van der Waals surface area contributed by atoms with Crippen LogP contribution in [0.4, 0.5) is 17.1 Å². The highest BCUT2D eigenvalue weighted by atomic mass is 32.1. The molecule has 56 heavy (non-hydrogen) atoms. The lowest BCUT2D eigenvalue weighted by Crippen LogP contribution is -2.26. The normalized spacial score (nSPS) is 13.5. The number of rotatable bonds is 3. The second-order valence-corrected chi connectivity index (χ2v) is 16.1. The van der Waals surface area contributed by atoms with Crippen LogP contribution in [-0.2, 0) is 5.41 Å². The van der Waals surface area contributed by atoms with Gasteiger partial charge in [0.1, 0.15) is 11.2 Å². The molecule has 0 unspecified atom stereocenters. The van der Waals surface area contributed by atoms with Crippen molar-refractivity contribution in [3.63, 3.8) is 0 Å². The molecular weight excluding hydrogens is 699 g/mol. The zero-order chi connectivity index (χ0) is 36.5. The average molecular weight is 730 g/mol. The molecule has 0 bridgehead atoms. The molecule has 0 fully saturated rings. The van der Waals surface area contributed by atoms with Crippen molar-refractivity contribution < 1.29 is 4.42 Å². The fourth-order valence-electron chi connectivity index (χ4n) is 10.4. The summed E-state index contributed by atoms with van der Waals surface area (Å²) < 4.78 is 9.30. The lowest BCUT2D eigenvalue weighted by molar-refractivity contribution is 0.669. The van der Waals surface area contributed by atoms with Crippen molar-refractivity contribution in [1.29, 1.82) is 0 Å². The van der Waals surface area contributed by atoms with Crippen molar-refractivity contribution in [3.8, 4) is 22.3 Å². The Balaban J connectivity index is 1.22. The molecule has 0 saturated carbocycles. The maximum Gasteiger partial charge on any atom is 0.138 e. The Morgan fingerprint density at radius 3 is 1.79 bits per heavy atom. The molecule has 0 N–H and O–H groups in total. The van der Waals surface area contributed by atoms with Crippen LogP contribution < -0.4 is 4.90 Å². The summed E-state index contributed by atoms with van der Waals surface area (Å²) in [5.74, 6) is 0. The van der Waals surface area contributed by atoms with Crippen molar-refractivity contribution in [1.82, 2.24) is 0 Å². The molecule has 2 aliphatic rings. The van der Waals surface area contributed by atoms with Crippen LogP contribution in [0.2, 0.25) is 0 Å². The van der Waals surface area contributed by atoms with Crippen molar-refractivity contribution in [2.45, 2.75) is 5.41 Å². The molecule has 9 aromatic carbocycles. The van der Waals surface area contributed by atoms with Gasteiger partial charge in [-0.25, -0.2) is 0 Å². The van der Waals surface area contributed by atoms with Gasteiger partial charge in [0.25, 0.3) is 0 Å². The minimum atomic E-state index is -0.452. The summed E-state index contributed by atoms with van der Waals surface area (Å²) in [6.45, 7) is 0. The van der Waals surface area contributed by atoms with Crippen molar-refractivity contribution in [3.05, 3.63) is 210 Å². The van der Waals surface area contributed by atoms with Crippen LogP contribution in [0.3, 0.4) is 0 Å². The van der Waals surface area contributed by atoms with Crippen LogP contribution in [0.15, 0.2) is 192 Å². The van der Waals surface area contributed by atoms with Gasteiger partial charge in [0.2, 0.25) is 0 Å². The van der Waals surface area contributed by atoms with E-state index >= 15 is 0 Å². The molecule has 2 heterocycles. The summed E-state index contributed by atoms with van der Waals surface area (Å²) in [6, 6.07) is 69.4. The van der Waals surface area contributed by atoms with E-state index in [1.54, 1.807) is 0 Å². The van der Waals surface area contributed by atoms with Gasteiger partial charge >= 0.3 is 0 Å². The molecule has 13 rings (SSSR count). The first-order valence-electron chi connectivity index (χ1n) is 19.3. The van der Waals surface area contributed by atoms with E-state index in [1.165, 1.54) is 80.8 Å². The number of furan rings is 1. The van der Waals surface area contributed by atoms with Gasteiger partial charge in [0.15, 0.2) is 0 Å². The molecule has 0 atom stereocenters. The Labute approximate surface area is 327 Å². The van der Waals surface area contributed by atoms with Gasteiger partial charge in [0, 0.05) is 48.0 Å². The Morgan fingerprint density at radius 1 is 0.411 bits per heavy atom. The first kappa shape index (κ1) is 30.4. The molecule has 2 aromatic heterocycles. The fraction of sp³-hybridized carbons (Fsp3) is 0.0189. The highest BCUT2D eigenvalue weighted by Crippen LogP contribution is 2.65. The second kappa shape index (κ2) is 11.1. The molecule has 0 saturated heterocycles. The molecule has 0 aliphatic heterocycles. The molecule has 3 heteroatoms. The third kappa shape index (κ3) is 3.75. The Bertz CT molecular complexity index is 3410. The van der Waals surface area contributed by atoms with Gasteiger partial charge in [-0.1, -0.05) is 158 Å². The summed E-state index contributed by atoms with van der Waals surface area (Å²) in [4.78, 5) is 2.55. The van der Waals surface area contributed by atoms with E-state index in [1.807, 2.05) is 11.3 Å². The third-order valence-corrected chi connectivity index (χ3v) is 13.6. The predicted octanol–water partition coefficient (Wildman–Crippen LogP) is 14.9. The molecule has 2 aliphatic carbocycles. The maximum atomic E-state index is 6.79. The minimum absolute atomic E-state index is 0.452. The average Bonchev–Trinajstić information content (AvgIpc) is 3.99. The molecule has 0 amide bonds. The first-order valence-corrected chi connectivity index (χ1v) is 20.1. The predicted molar refractivity (Wildman–Crippen MR) is 235 cm³/mol. The maximum absolute atomic E-state index is 6.79. The zero-order valence-electron chi connectivity index (χ0n) is 30.2. The Morgan fingerprint density at radius 2 is 0.982 bits per heavy atom. The molecule has 11 aromatic rings. The standard InChI is InChI=1S/C53H31NOS/c1-2-17-33-32(15-1)16-13-27-43(33)54(45-31-47-51(37-21-6-11-29-46(37)55-47)52-50(45)38-22-7-12-30-48(38)56-52)44-28-14-26-42-49(44)36-20-5-10-25-41(36)53(42)39-23-8-3-18-34(39)35-19-4-9-24-40(35)53/h1-31H. The van der Waals surface area contributed by atoms with Crippen LogP contribution in [0, 0.1) is 0 Å². The van der Waals surface area contributed by atoms with Crippen molar-refractivity contribution in [2.75, 3.05) is 4.90 Å². The summed E-state index contributed by atoms with van der Waals surface area (Å²) in [5, 5.41) is 7.23. The van der Waals surface area contributed by atoms with Gasteiger partial charge in [-0.2, -0.15) is 0 Å². The summed E-state index contributed by atoms with van der Waals surface area (Å²) in [6.07, 6.45) is 0. The monoisotopic (exact) mass is 729 g/mol. The minimum Gasteiger partial charge on any atom is -0.456 e. The quantitative estimate of drug-likeness (QED) is 0.180. The zero-order valence-corrected chi connectivity index (χ0v) is 31.0. The fourth-order valence-corrected chi connectivity index (χ4v) is 11.6. The van der Waals surface area contributed by atoms with Crippen LogP contribution >= 0.6 is 11.3 Å². The van der Waals surface area contributed by atoms with Gasteiger partial charge in [-0.15, -0.1) is 11.3 Å². The number of para-hydroxylation sites is 1. The number of fused-ring (bicyclic) bond motifs is 18. The number of nitrogens with zero attached hydrogens (tertiary/aromatic N) is 1. The van der Waals surface area contributed by atoms with Gasteiger partial charge in [-0.05, 0) is 68.6 Å². The van der Waals surface area contributed by atoms with E-state index in [0.717, 1.165) is 33.6 Å². The SMILES string of the molecule is c1ccc2c(c1)-c1ccccc1C21c2ccccc2-c2c(N(c3cccc4ccccc34)c3cc4oc5ccccc5c4c4sc5ccccc5c34)cccc21. The van der Waals surface area contributed by atoms with E-state index in [-0.39, 0.29) is 0 Å². The summed E-state index contributed by atoms with van der Waals surface area (Å²) in [7, 11) is 0. The van der Waals surface area contributed by atoms with Gasteiger partial charge in [-0.3, -0.25) is 0 Å². The van der Waals surface area contributed by atoms with Crippen LogP contribution in [0.1, 0.15) is 22.3 Å². The van der Waals surface area contributed by atoms with E-state index in [2.05, 4.69) is 193 Å². The lowest BCUT2D eigenvalue weighted by Gasteiger charge is -2.32. The van der Waals surface area contributed by atoms with E-state index in [9.17, 15) is 0 Å². The van der Waals surface area contributed by atoms with E-state index in [4.69, 9.17) is 4.42 Å². The third-order valence-electron chi connectivity index (χ3n) is 12.5. The summed E-state index contributed by atoms with van der Waals surface area (Å²) in [5.41, 5.74) is 15.2. The van der Waals surface area contributed by atoms with Crippen molar-refractivity contribution >= 4 is 81.3 Å². The van der Waals surface area contributed by atoms with E-state index < -0.39 is 5.41 Å². The topological polar surface area (TPSA) is 16.4 Å². The number of benzene rings is 9. The van der Waals surface area contributed by atoms with Crippen LogP contribution in [0.5, 0.6) is 0 Å².